The van der Waals surface area contributed by atoms with Crippen molar-refractivity contribution in [2.45, 2.75) is 0 Å². The highest BCUT2D eigenvalue weighted by molar-refractivity contribution is 7.85. The molecule has 0 atom stereocenters. The van der Waals surface area contributed by atoms with Crippen molar-refractivity contribution in [2.24, 2.45) is 0 Å². The normalized spacial score (nSPS) is 11.3. The summed E-state index contributed by atoms with van der Waals surface area (Å²) in [4.78, 5) is 0. The van der Waals surface area contributed by atoms with Crippen molar-refractivity contribution in [1.82, 2.24) is 6.15 Å². The quantitative estimate of drug-likeness (QED) is 0.572. The van der Waals surface area contributed by atoms with Gasteiger partial charge in [-0.3, -0.25) is 4.55 Å². The minimum absolute atomic E-state index is 0. The van der Waals surface area contributed by atoms with E-state index >= 15 is 0 Å². The van der Waals surface area contributed by atoms with Gasteiger partial charge in [0.25, 0.3) is 10.1 Å². The third kappa shape index (κ3) is 11.2. The number of halogens is 1. The lowest BCUT2D eigenvalue weighted by molar-refractivity contribution is 0.486. The lowest BCUT2D eigenvalue weighted by atomic mass is 10.7. The first kappa shape index (κ1) is 11.4. The van der Waals surface area contributed by atoms with Gasteiger partial charge in [-0.2, -0.15) is 8.42 Å². The molecule has 0 spiro atoms. The molecule has 0 aromatic carbocycles. The zero-order valence-corrected chi connectivity index (χ0v) is 5.44. The Morgan fingerprint density at radius 1 is 1.56 bits per heavy atom. The fourth-order valence-corrected chi connectivity index (χ4v) is 0.474. The predicted molar refractivity (Wildman–Crippen MR) is 31.7 cm³/mol. The highest BCUT2D eigenvalue weighted by atomic mass is 32.2. The molecule has 0 unspecified atom stereocenters. The van der Waals surface area contributed by atoms with Crippen LogP contribution in [0.25, 0.3) is 0 Å². The van der Waals surface area contributed by atoms with Crippen molar-refractivity contribution in [1.29, 1.82) is 0 Å². The largest absolute Gasteiger partial charge is 0.344 e. The molecule has 6 heteroatoms. The number of rotatable bonds is 2. The molecule has 0 saturated carbocycles. The van der Waals surface area contributed by atoms with Gasteiger partial charge >= 0.3 is 0 Å². The summed E-state index contributed by atoms with van der Waals surface area (Å²) in [6.07, 6.45) is 0.767. The Bertz CT molecular complexity index is 173. The second-order valence-electron chi connectivity index (χ2n) is 1.11. The number of hydrogen-bond acceptors (Lipinski definition) is 3. The predicted octanol–water partition coefficient (Wildman–Crippen LogP) is 0.519. The van der Waals surface area contributed by atoms with Crippen LogP contribution in [0.3, 0.4) is 0 Å². The Morgan fingerprint density at radius 3 is 2.11 bits per heavy atom. The maximum absolute atomic E-state index is 11.0. The molecule has 0 aliphatic rings. The lowest BCUT2D eigenvalue weighted by Crippen LogP contribution is -1.99. The standard InChI is InChI=1S/C3H5FO3S.H3N/c4-2-1-3-8(5,6)7;/h1-2H,3H2,(H,5,6,7);1H3. The second-order valence-corrected chi connectivity index (χ2v) is 2.61. The van der Waals surface area contributed by atoms with E-state index < -0.39 is 15.9 Å². The monoisotopic (exact) mass is 157 g/mol. The van der Waals surface area contributed by atoms with Gasteiger partial charge in [0.05, 0.1) is 12.1 Å². The van der Waals surface area contributed by atoms with Gasteiger partial charge in [-0.1, -0.05) is 0 Å². The summed E-state index contributed by atoms with van der Waals surface area (Å²) in [5, 5.41) is 0. The Morgan fingerprint density at radius 2 is 2.00 bits per heavy atom. The van der Waals surface area contributed by atoms with Gasteiger partial charge in [0.1, 0.15) is 0 Å². The Balaban J connectivity index is 0. The molecule has 0 aliphatic carbocycles. The van der Waals surface area contributed by atoms with Crippen LogP contribution in [-0.4, -0.2) is 18.7 Å². The van der Waals surface area contributed by atoms with Gasteiger partial charge in [-0.05, 0) is 6.08 Å². The molecule has 56 valence electrons. The summed E-state index contributed by atoms with van der Waals surface area (Å²) in [6.45, 7) is 0. The average molecular weight is 157 g/mol. The van der Waals surface area contributed by atoms with Gasteiger partial charge in [-0.15, -0.1) is 0 Å². The van der Waals surface area contributed by atoms with E-state index in [4.69, 9.17) is 4.55 Å². The smallest absolute Gasteiger partial charge is 0.268 e. The molecule has 0 rings (SSSR count). The lowest BCUT2D eigenvalue weighted by Gasteiger charge is -1.82. The summed E-state index contributed by atoms with van der Waals surface area (Å²) >= 11 is 0. The highest BCUT2D eigenvalue weighted by Gasteiger charge is 1.97. The summed E-state index contributed by atoms with van der Waals surface area (Å²) in [5.74, 6) is -0.663. The Labute approximate surface area is 52.7 Å². The molecule has 9 heavy (non-hydrogen) atoms. The highest BCUT2D eigenvalue weighted by Crippen LogP contribution is 1.82. The van der Waals surface area contributed by atoms with Crippen LogP contribution in [-0.2, 0) is 10.1 Å². The molecule has 0 radical (unpaired) electrons. The first-order chi connectivity index (χ1) is 3.56. The average Bonchev–Trinajstić information content (AvgIpc) is 1.59. The van der Waals surface area contributed by atoms with E-state index in [-0.39, 0.29) is 12.5 Å². The van der Waals surface area contributed by atoms with Crippen LogP contribution in [0.5, 0.6) is 0 Å². The van der Waals surface area contributed by atoms with Gasteiger partial charge in [0.15, 0.2) is 0 Å². The second kappa shape index (κ2) is 4.42. The van der Waals surface area contributed by atoms with Crippen molar-refractivity contribution >= 4 is 10.1 Å². The topological polar surface area (TPSA) is 89.4 Å². The minimum atomic E-state index is -4.01. The number of hydrogen-bond donors (Lipinski definition) is 2. The van der Waals surface area contributed by atoms with Crippen molar-refractivity contribution in [2.75, 3.05) is 5.75 Å². The molecule has 0 amide bonds. The summed E-state index contributed by atoms with van der Waals surface area (Å²) in [6, 6.07) is 0. The third-order valence-corrected chi connectivity index (χ3v) is 1.01. The van der Waals surface area contributed by atoms with Crippen LogP contribution >= 0.6 is 0 Å². The summed E-state index contributed by atoms with van der Waals surface area (Å²) < 4.78 is 38.3. The van der Waals surface area contributed by atoms with E-state index in [1.807, 2.05) is 0 Å². The van der Waals surface area contributed by atoms with Crippen molar-refractivity contribution < 1.29 is 17.4 Å². The molecular formula is C3H8FNO3S. The van der Waals surface area contributed by atoms with Crippen LogP contribution in [0.15, 0.2) is 12.4 Å². The van der Waals surface area contributed by atoms with E-state index in [0.29, 0.717) is 6.08 Å². The molecule has 4 N–H and O–H groups in total. The molecule has 0 saturated heterocycles. The fourth-order valence-electron chi connectivity index (χ4n) is 0.158. The third-order valence-electron chi connectivity index (χ3n) is 0.396. The van der Waals surface area contributed by atoms with E-state index in [1.54, 1.807) is 0 Å². The molecule has 0 aromatic heterocycles. The first-order valence-corrected chi connectivity index (χ1v) is 3.37. The zero-order chi connectivity index (χ0) is 6.62. The maximum Gasteiger partial charge on any atom is 0.268 e. The molecule has 0 bridgehead atoms. The van der Waals surface area contributed by atoms with Gasteiger partial charge < -0.3 is 6.15 Å². The Hall–Kier alpha value is -0.460. The first-order valence-electron chi connectivity index (χ1n) is 1.76. The van der Waals surface area contributed by atoms with E-state index in [0.717, 1.165) is 0 Å². The van der Waals surface area contributed by atoms with Crippen LogP contribution < -0.4 is 6.15 Å². The van der Waals surface area contributed by atoms with E-state index in [1.165, 1.54) is 0 Å². The minimum Gasteiger partial charge on any atom is -0.344 e. The van der Waals surface area contributed by atoms with Gasteiger partial charge in [0.2, 0.25) is 0 Å². The molecule has 0 heterocycles. The van der Waals surface area contributed by atoms with Gasteiger partial charge in [-0.25, -0.2) is 4.39 Å². The molecule has 0 fully saturated rings. The molecule has 0 aromatic rings. The molecular weight excluding hydrogens is 149 g/mol. The zero-order valence-electron chi connectivity index (χ0n) is 4.62. The molecule has 0 aliphatic heterocycles. The van der Waals surface area contributed by atoms with Crippen LogP contribution in [0.1, 0.15) is 0 Å². The van der Waals surface area contributed by atoms with Crippen LogP contribution in [0, 0.1) is 0 Å². The van der Waals surface area contributed by atoms with Gasteiger partial charge in [0, 0.05) is 0 Å². The van der Waals surface area contributed by atoms with Crippen LogP contribution in [0.2, 0.25) is 0 Å². The van der Waals surface area contributed by atoms with Crippen molar-refractivity contribution in [3.8, 4) is 0 Å². The summed E-state index contributed by atoms with van der Waals surface area (Å²) in [7, 11) is -4.01. The SMILES string of the molecule is N.O=S(=O)(O)CC=CF. The van der Waals surface area contributed by atoms with Crippen molar-refractivity contribution in [3.05, 3.63) is 12.4 Å². The summed E-state index contributed by atoms with van der Waals surface area (Å²) in [5.41, 5.74) is 0. The van der Waals surface area contributed by atoms with E-state index in [2.05, 4.69) is 0 Å². The molecule has 4 nitrogen and oxygen atoms in total. The maximum atomic E-state index is 11.0. The fraction of sp³-hybridized carbons (Fsp3) is 0.333. The van der Waals surface area contributed by atoms with E-state index in [9.17, 15) is 12.8 Å². The Kier molecular flexibility index (Phi) is 5.58. The van der Waals surface area contributed by atoms with Crippen molar-refractivity contribution in [3.63, 3.8) is 0 Å². The van der Waals surface area contributed by atoms with Crippen LogP contribution in [0.4, 0.5) is 4.39 Å².